The molecular weight excluding hydrogens is 328 g/mol. The first kappa shape index (κ1) is 17.1. The average molecular weight is 354 g/mol. The lowest BCUT2D eigenvalue weighted by Crippen LogP contribution is -2.46. The predicted octanol–water partition coefficient (Wildman–Crippen LogP) is 4.44. The average Bonchev–Trinajstić information content (AvgIpc) is 2.68. The van der Waals surface area contributed by atoms with Gasteiger partial charge in [0.25, 0.3) is 0 Å². The number of hydrogen-bond donors (Lipinski definition) is 0. The molecule has 2 aromatic rings. The van der Waals surface area contributed by atoms with Crippen LogP contribution in [0.15, 0.2) is 24.3 Å². The highest BCUT2D eigenvalue weighted by Crippen LogP contribution is 2.61. The molecule has 4 heteroatoms. The molecule has 0 fully saturated rings. The van der Waals surface area contributed by atoms with Gasteiger partial charge in [-0.15, -0.1) is 0 Å². The van der Waals surface area contributed by atoms with Crippen molar-refractivity contribution < 1.29 is 18.9 Å². The van der Waals surface area contributed by atoms with E-state index in [9.17, 15) is 0 Å². The first-order valence-electron chi connectivity index (χ1n) is 8.97. The van der Waals surface area contributed by atoms with Crippen LogP contribution in [-0.4, -0.2) is 28.4 Å². The van der Waals surface area contributed by atoms with E-state index in [-0.39, 0.29) is 10.8 Å². The van der Waals surface area contributed by atoms with Gasteiger partial charge < -0.3 is 18.9 Å². The highest BCUT2D eigenvalue weighted by molar-refractivity contribution is 5.68. The Labute approximate surface area is 155 Å². The van der Waals surface area contributed by atoms with Gasteiger partial charge in [0, 0.05) is 10.8 Å². The second-order valence-electron chi connectivity index (χ2n) is 7.67. The molecule has 0 saturated carbocycles. The Morgan fingerprint density at radius 3 is 0.962 bits per heavy atom. The van der Waals surface area contributed by atoms with Gasteiger partial charge >= 0.3 is 0 Å². The van der Waals surface area contributed by atoms with Crippen LogP contribution in [0.5, 0.6) is 23.0 Å². The zero-order valence-corrected chi connectivity index (χ0v) is 16.4. The van der Waals surface area contributed by atoms with Crippen molar-refractivity contribution in [2.75, 3.05) is 28.4 Å². The molecule has 0 aliphatic heterocycles. The topological polar surface area (TPSA) is 36.9 Å². The molecule has 3 aliphatic carbocycles. The van der Waals surface area contributed by atoms with E-state index >= 15 is 0 Å². The van der Waals surface area contributed by atoms with Gasteiger partial charge in [-0.1, -0.05) is 13.8 Å². The minimum Gasteiger partial charge on any atom is -0.493 e. The molecule has 26 heavy (non-hydrogen) atoms. The Morgan fingerprint density at radius 1 is 0.538 bits per heavy atom. The Balaban J connectivity index is 2.05. The maximum atomic E-state index is 5.59. The molecule has 138 valence electrons. The summed E-state index contributed by atoms with van der Waals surface area (Å²) in [5.41, 5.74) is 5.13. The first-order valence-corrected chi connectivity index (χ1v) is 8.97. The number of rotatable bonds is 4. The van der Waals surface area contributed by atoms with Gasteiger partial charge in [-0.05, 0) is 59.4 Å². The summed E-state index contributed by atoms with van der Waals surface area (Å²) in [6.07, 6.45) is 2.18. The molecule has 4 nitrogen and oxygen atoms in total. The lowest BCUT2D eigenvalue weighted by Gasteiger charge is -2.53. The van der Waals surface area contributed by atoms with E-state index in [1.54, 1.807) is 28.4 Å². The van der Waals surface area contributed by atoms with Crippen LogP contribution >= 0.6 is 0 Å². The minimum absolute atomic E-state index is 0.0818. The van der Waals surface area contributed by atoms with Crippen molar-refractivity contribution in [1.82, 2.24) is 0 Å². The van der Waals surface area contributed by atoms with E-state index in [1.807, 2.05) is 0 Å². The van der Waals surface area contributed by atoms with Crippen molar-refractivity contribution in [2.24, 2.45) is 0 Å². The van der Waals surface area contributed by atoms with Crippen molar-refractivity contribution >= 4 is 0 Å². The normalized spacial score (nSPS) is 25.3. The van der Waals surface area contributed by atoms with Crippen LogP contribution in [0.25, 0.3) is 0 Å². The SMILES string of the molecule is COc1cc2c(cc1OC)[C@]1(C)CC[C@@]2(C)c2cc(OC)c(OC)cc21. The van der Waals surface area contributed by atoms with Gasteiger partial charge in [-0.25, -0.2) is 0 Å². The Kier molecular flexibility index (Phi) is 3.66. The Bertz CT molecular complexity index is 749. The molecule has 0 atom stereocenters. The third kappa shape index (κ3) is 1.96. The minimum atomic E-state index is -0.0818. The van der Waals surface area contributed by atoms with E-state index in [0.29, 0.717) is 0 Å². The van der Waals surface area contributed by atoms with Crippen molar-refractivity contribution in [3.8, 4) is 23.0 Å². The van der Waals surface area contributed by atoms with Crippen LogP contribution in [0, 0.1) is 0 Å². The van der Waals surface area contributed by atoms with E-state index in [2.05, 4.69) is 38.1 Å². The highest BCUT2D eigenvalue weighted by Gasteiger charge is 2.52. The summed E-state index contributed by atoms with van der Waals surface area (Å²) in [5, 5.41) is 0. The maximum absolute atomic E-state index is 5.59. The number of ether oxygens (including phenoxy) is 4. The zero-order valence-electron chi connectivity index (χ0n) is 16.4. The monoisotopic (exact) mass is 354 g/mol. The molecule has 0 heterocycles. The summed E-state index contributed by atoms with van der Waals surface area (Å²) < 4.78 is 22.4. The summed E-state index contributed by atoms with van der Waals surface area (Å²) >= 11 is 0. The molecule has 2 bridgehead atoms. The fourth-order valence-corrected chi connectivity index (χ4v) is 4.91. The van der Waals surface area contributed by atoms with Crippen molar-refractivity contribution in [3.05, 3.63) is 46.5 Å². The van der Waals surface area contributed by atoms with E-state index in [4.69, 9.17) is 18.9 Å². The van der Waals surface area contributed by atoms with Crippen LogP contribution < -0.4 is 18.9 Å². The van der Waals surface area contributed by atoms with Crippen molar-refractivity contribution in [1.29, 1.82) is 0 Å². The summed E-state index contributed by atoms with van der Waals surface area (Å²) in [4.78, 5) is 0. The fraction of sp³-hybridized carbons (Fsp3) is 0.455. The third-order valence-electron chi connectivity index (χ3n) is 6.55. The molecule has 0 N–H and O–H groups in total. The van der Waals surface area contributed by atoms with Gasteiger partial charge in [-0.3, -0.25) is 0 Å². The van der Waals surface area contributed by atoms with Crippen LogP contribution in [0.2, 0.25) is 0 Å². The van der Waals surface area contributed by atoms with Gasteiger partial charge in [-0.2, -0.15) is 0 Å². The van der Waals surface area contributed by atoms with Crippen LogP contribution in [0.1, 0.15) is 48.9 Å². The smallest absolute Gasteiger partial charge is 0.161 e. The van der Waals surface area contributed by atoms with E-state index < -0.39 is 0 Å². The molecule has 0 saturated heterocycles. The number of fused-ring (bicyclic) bond motifs is 1. The second kappa shape index (κ2) is 5.57. The third-order valence-corrected chi connectivity index (χ3v) is 6.55. The number of hydrogen-bond acceptors (Lipinski definition) is 4. The summed E-state index contributed by atoms with van der Waals surface area (Å²) in [6.45, 7) is 4.64. The summed E-state index contributed by atoms with van der Waals surface area (Å²) in [5.74, 6) is 3.13. The van der Waals surface area contributed by atoms with Gasteiger partial charge in [0.1, 0.15) is 0 Å². The molecule has 0 amide bonds. The van der Waals surface area contributed by atoms with E-state index in [0.717, 1.165) is 35.8 Å². The number of methoxy groups -OCH3 is 4. The van der Waals surface area contributed by atoms with Crippen LogP contribution in [0.4, 0.5) is 0 Å². The summed E-state index contributed by atoms with van der Waals surface area (Å²) in [6, 6.07) is 8.63. The molecule has 3 aliphatic rings. The van der Waals surface area contributed by atoms with Gasteiger partial charge in [0.05, 0.1) is 28.4 Å². The van der Waals surface area contributed by atoms with Crippen LogP contribution in [-0.2, 0) is 10.8 Å². The molecule has 5 rings (SSSR count). The zero-order chi connectivity index (χ0) is 18.7. The maximum Gasteiger partial charge on any atom is 0.161 e. The van der Waals surface area contributed by atoms with Gasteiger partial charge in [0.2, 0.25) is 0 Å². The number of benzene rings is 2. The second-order valence-corrected chi connectivity index (χ2v) is 7.67. The fourth-order valence-electron chi connectivity index (χ4n) is 4.91. The highest BCUT2D eigenvalue weighted by atomic mass is 16.5. The predicted molar refractivity (Wildman–Crippen MR) is 101 cm³/mol. The standard InChI is InChI=1S/C22H26O4/c1-21-7-8-22(2,15-11-19(25-5)17(23-3)9-13(15)21)16-12-20(26-6)18(24-4)10-14(16)21/h9-12H,7-8H2,1-6H3/t21-,22+. The Hall–Kier alpha value is -2.36. The van der Waals surface area contributed by atoms with Gasteiger partial charge in [0.15, 0.2) is 23.0 Å². The Morgan fingerprint density at radius 2 is 0.769 bits per heavy atom. The molecule has 0 unspecified atom stereocenters. The molecule has 0 spiro atoms. The lowest BCUT2D eigenvalue weighted by molar-refractivity contribution is 0.307. The molecule has 2 aromatic carbocycles. The largest absolute Gasteiger partial charge is 0.493 e. The van der Waals surface area contributed by atoms with Crippen molar-refractivity contribution in [2.45, 2.75) is 37.5 Å². The lowest BCUT2D eigenvalue weighted by atomic mass is 9.50. The molecule has 0 aromatic heterocycles. The molecular formula is C22H26O4. The van der Waals surface area contributed by atoms with Crippen molar-refractivity contribution in [3.63, 3.8) is 0 Å². The summed E-state index contributed by atoms with van der Waals surface area (Å²) in [7, 11) is 6.77. The van der Waals surface area contributed by atoms with Crippen LogP contribution in [0.3, 0.4) is 0 Å². The van der Waals surface area contributed by atoms with E-state index in [1.165, 1.54) is 22.3 Å². The quantitative estimate of drug-likeness (QED) is 0.813. The first-order chi connectivity index (χ1) is 12.4. The molecule has 0 radical (unpaired) electrons.